The topological polar surface area (TPSA) is 89.5 Å². The van der Waals surface area contributed by atoms with Crippen molar-refractivity contribution < 1.29 is 38.0 Å². The van der Waals surface area contributed by atoms with Gasteiger partial charge in [0.2, 0.25) is 0 Å². The van der Waals surface area contributed by atoms with Crippen molar-refractivity contribution in [3.05, 3.63) is 208 Å². The Kier molecular flexibility index (Phi) is 24.7. The molecule has 0 amide bonds. The third kappa shape index (κ3) is 17.6. The van der Waals surface area contributed by atoms with Gasteiger partial charge in [-0.15, -0.1) is 6.42 Å². The zero-order chi connectivity index (χ0) is 72.3. The summed E-state index contributed by atoms with van der Waals surface area (Å²) in [5.74, 6) is 22.6. The summed E-state index contributed by atoms with van der Waals surface area (Å²) < 4.78 is 37.4. The molecule has 0 bridgehead atoms. The van der Waals surface area contributed by atoms with E-state index in [4.69, 9.17) is 34.8 Å². The maximum Gasteiger partial charge on any atom is 0.343 e. The van der Waals surface area contributed by atoms with Gasteiger partial charge in [0.25, 0.3) is 0 Å². The van der Waals surface area contributed by atoms with E-state index in [1.165, 1.54) is 87.7 Å². The third-order valence-corrected chi connectivity index (χ3v) is 20.4. The molecule has 10 aromatic rings. The van der Waals surface area contributed by atoms with Crippen LogP contribution in [0.3, 0.4) is 0 Å². The van der Waals surface area contributed by atoms with Crippen LogP contribution in [0.2, 0.25) is 0 Å². The molecule has 0 saturated heterocycles. The number of methoxy groups -OCH3 is 2. The van der Waals surface area contributed by atoms with E-state index in [1.807, 2.05) is 43.3 Å². The zero-order valence-electron chi connectivity index (χ0n) is 61.4. The highest BCUT2D eigenvalue weighted by Crippen LogP contribution is 2.54. The summed E-state index contributed by atoms with van der Waals surface area (Å²) in [7, 11) is 3.00. The van der Waals surface area contributed by atoms with E-state index in [-0.39, 0.29) is 17.1 Å². The molecule has 0 spiro atoms. The van der Waals surface area contributed by atoms with Gasteiger partial charge in [0.15, 0.2) is 11.5 Å². The number of rotatable bonds is 30. The summed E-state index contributed by atoms with van der Waals surface area (Å²) in [6.07, 6.45) is 27.9. The van der Waals surface area contributed by atoms with Gasteiger partial charge in [0.1, 0.15) is 29.5 Å². The van der Waals surface area contributed by atoms with Crippen molar-refractivity contribution in [3.8, 4) is 111 Å². The zero-order valence-corrected chi connectivity index (χ0v) is 61.4. The minimum atomic E-state index is -0.514. The standard InChI is InChI=1S/C95H94O8/c1-11-15-19-22-24-26-28-32-54-100-78-50-52-81-82(62-78)90(74-42-39-69-57-67(34-31-21-17-13-3)36-37-70(69)59-74)80-51-49-79(101-55-33-29-27-25-23-20-16-12-2)63-83(80)91(81)75-43-40-71-58-73(41-38-72(71)60-75)86(35-30-18-14-4)102-88-56-66(5)87(98-9)64-89(88)103-93(97)76-46-53-84-85(61-76)95(8,65-94(84,6)7)77-47-44-68(45-48-77)92(96)99-10/h1,36-53,56-64,86H,12-14,16-18,20-21,23,25,27,29-31,33-35,55,65H2,2-10H3. The van der Waals surface area contributed by atoms with Gasteiger partial charge in [-0.1, -0.05) is 197 Å². The Bertz CT molecular complexity index is 5070. The highest BCUT2D eigenvalue weighted by atomic mass is 16.6. The number of carbonyl (C=O) groups excluding carboxylic acids is 2. The molecule has 10 aromatic carbocycles. The van der Waals surface area contributed by atoms with Crippen LogP contribution in [0.25, 0.3) is 65.3 Å². The lowest BCUT2D eigenvalue weighted by Gasteiger charge is -2.28. The van der Waals surface area contributed by atoms with Crippen LogP contribution in [-0.4, -0.2) is 32.8 Å². The molecule has 0 radical (unpaired) electrons. The second kappa shape index (κ2) is 34.7. The van der Waals surface area contributed by atoms with Gasteiger partial charge >= 0.3 is 11.9 Å². The molecule has 11 rings (SSSR count). The fraction of sp³-hybridized carbons (Fsp3) is 0.326. The maximum atomic E-state index is 14.7. The summed E-state index contributed by atoms with van der Waals surface area (Å²) in [6.45, 7) is 16.0. The molecule has 522 valence electrons. The van der Waals surface area contributed by atoms with Crippen LogP contribution in [0.1, 0.15) is 211 Å². The number of ether oxygens (including phenoxy) is 6. The summed E-state index contributed by atoms with van der Waals surface area (Å²) in [6, 6.07) is 57.2. The number of carbonyl (C=O) groups is 2. The lowest BCUT2D eigenvalue weighted by atomic mass is 9.75. The van der Waals surface area contributed by atoms with Crippen molar-refractivity contribution in [2.75, 3.05) is 20.8 Å². The Labute approximate surface area is 610 Å². The molecule has 103 heavy (non-hydrogen) atoms. The Morgan fingerprint density at radius 1 is 0.495 bits per heavy atom. The van der Waals surface area contributed by atoms with Crippen LogP contribution >= 0.6 is 0 Å². The average molecular weight is 1360 g/mol. The van der Waals surface area contributed by atoms with E-state index in [0.717, 1.165) is 140 Å². The van der Waals surface area contributed by atoms with Crippen LogP contribution < -0.4 is 23.7 Å². The third-order valence-electron chi connectivity index (χ3n) is 20.4. The number of esters is 2. The normalized spacial score (nSPS) is 13.6. The molecular weight excluding hydrogens is 1270 g/mol. The SMILES string of the molecule is C#CC#CC#CC#CC#COc1ccc2c(-c3ccc4cc(C(CCCCC)Oc5cc(C)c(OC)cc5OC(=O)c5ccc6c(c5)C(C)(c5ccc(C(=O)OC)cc5)CC6(C)C)ccc4c3)c3cc(OCCCCCCCCCC)ccc3c(-c3ccc4cc(CCCCCC)ccc4c3)c2c1. The minimum absolute atomic E-state index is 0.191. The molecule has 0 aliphatic heterocycles. The Hall–Kier alpha value is -10.8. The van der Waals surface area contributed by atoms with E-state index in [2.05, 4.69) is 204 Å². The van der Waals surface area contributed by atoms with Crippen LogP contribution in [0.15, 0.2) is 164 Å². The quantitative estimate of drug-likeness (QED) is 0.0145. The monoisotopic (exact) mass is 1360 g/mol. The van der Waals surface area contributed by atoms with E-state index in [0.29, 0.717) is 35.0 Å². The Morgan fingerprint density at radius 3 is 1.75 bits per heavy atom. The van der Waals surface area contributed by atoms with Crippen molar-refractivity contribution in [1.82, 2.24) is 0 Å². The predicted octanol–water partition coefficient (Wildman–Crippen LogP) is 23.3. The molecule has 8 nitrogen and oxygen atoms in total. The fourth-order valence-corrected chi connectivity index (χ4v) is 15.0. The molecule has 0 fully saturated rings. The first-order chi connectivity index (χ1) is 50.2. The highest BCUT2D eigenvalue weighted by Gasteiger charge is 2.46. The van der Waals surface area contributed by atoms with E-state index >= 15 is 0 Å². The number of fused-ring (bicyclic) bond motifs is 5. The number of terminal acetylenes is 1. The van der Waals surface area contributed by atoms with Crippen molar-refractivity contribution in [3.63, 3.8) is 0 Å². The first-order valence-electron chi connectivity index (χ1n) is 36.9. The molecule has 2 atom stereocenters. The second-order valence-corrected chi connectivity index (χ2v) is 28.2. The summed E-state index contributed by atoms with van der Waals surface area (Å²) >= 11 is 0. The summed E-state index contributed by atoms with van der Waals surface area (Å²) in [5.41, 5.74) is 11.0. The Balaban J connectivity index is 0.966. The largest absolute Gasteiger partial charge is 0.496 e. The predicted molar refractivity (Wildman–Crippen MR) is 422 cm³/mol. The molecular formula is C95H94O8. The van der Waals surface area contributed by atoms with Crippen molar-refractivity contribution in [1.29, 1.82) is 0 Å². The Morgan fingerprint density at radius 2 is 1.08 bits per heavy atom. The number of aryl methyl sites for hydroxylation is 2. The van der Waals surface area contributed by atoms with E-state index < -0.39 is 17.5 Å². The first-order valence-corrected chi connectivity index (χ1v) is 36.9. The molecule has 0 N–H and O–H groups in total. The molecule has 8 heteroatoms. The van der Waals surface area contributed by atoms with Gasteiger partial charge in [-0.2, -0.15) is 0 Å². The number of benzene rings is 10. The van der Waals surface area contributed by atoms with Crippen LogP contribution in [0.5, 0.6) is 28.7 Å². The minimum Gasteiger partial charge on any atom is -0.496 e. The van der Waals surface area contributed by atoms with Crippen molar-refractivity contribution in [2.45, 2.75) is 181 Å². The van der Waals surface area contributed by atoms with Crippen LogP contribution in [0.4, 0.5) is 0 Å². The summed E-state index contributed by atoms with van der Waals surface area (Å²) in [5, 5.41) is 8.71. The van der Waals surface area contributed by atoms with Crippen molar-refractivity contribution >= 4 is 55.0 Å². The smallest absolute Gasteiger partial charge is 0.343 e. The van der Waals surface area contributed by atoms with Crippen LogP contribution in [-0.2, 0) is 22.0 Å². The van der Waals surface area contributed by atoms with Gasteiger partial charge < -0.3 is 28.4 Å². The second-order valence-electron chi connectivity index (χ2n) is 28.2. The molecule has 1 aliphatic rings. The fourth-order valence-electron chi connectivity index (χ4n) is 15.0. The van der Waals surface area contributed by atoms with E-state index in [9.17, 15) is 9.59 Å². The first kappa shape index (κ1) is 73.4. The number of unbranched alkanes of at least 4 members (excludes halogenated alkanes) is 12. The van der Waals surface area contributed by atoms with E-state index in [1.54, 1.807) is 25.3 Å². The molecule has 0 heterocycles. The summed E-state index contributed by atoms with van der Waals surface area (Å²) in [4.78, 5) is 27.1. The lowest BCUT2D eigenvalue weighted by Crippen LogP contribution is -2.23. The average Bonchev–Trinajstić information content (AvgIpc) is 1.73. The molecule has 2 unspecified atom stereocenters. The van der Waals surface area contributed by atoms with Gasteiger partial charge in [0.05, 0.1) is 32.0 Å². The van der Waals surface area contributed by atoms with Crippen LogP contribution in [0, 0.1) is 66.8 Å². The lowest BCUT2D eigenvalue weighted by molar-refractivity contribution is 0.0600. The molecule has 0 aromatic heterocycles. The molecule has 1 aliphatic carbocycles. The maximum absolute atomic E-state index is 14.7. The molecule has 0 saturated carbocycles. The van der Waals surface area contributed by atoms with Crippen molar-refractivity contribution in [2.24, 2.45) is 0 Å². The van der Waals surface area contributed by atoms with Gasteiger partial charge in [-0.25, -0.2) is 9.59 Å². The number of hydrogen-bond acceptors (Lipinski definition) is 8. The van der Waals surface area contributed by atoms with Gasteiger partial charge in [0, 0.05) is 35.2 Å². The van der Waals surface area contributed by atoms with Gasteiger partial charge in [-0.05, 0) is 252 Å². The highest BCUT2D eigenvalue weighted by molar-refractivity contribution is 6.22. The number of hydrogen-bond donors (Lipinski definition) is 0. The van der Waals surface area contributed by atoms with Gasteiger partial charge in [-0.3, -0.25) is 0 Å².